The summed E-state index contributed by atoms with van der Waals surface area (Å²) in [5.74, 6) is 2.19. The Morgan fingerprint density at radius 3 is 2.24 bits per heavy atom. The van der Waals surface area contributed by atoms with Crippen molar-refractivity contribution in [2.75, 3.05) is 26.4 Å². The zero-order valence-electron chi connectivity index (χ0n) is 13.1. The zero-order valence-corrected chi connectivity index (χ0v) is 13.1. The van der Waals surface area contributed by atoms with Crippen LogP contribution in [0.2, 0.25) is 0 Å². The molecule has 2 rings (SSSR count). The topological polar surface area (TPSA) is 50.7 Å². The lowest BCUT2D eigenvalue weighted by Gasteiger charge is -2.33. The van der Waals surface area contributed by atoms with Gasteiger partial charge in [0.25, 0.3) is 0 Å². The van der Waals surface area contributed by atoms with E-state index in [1.165, 1.54) is 12.8 Å². The third-order valence-corrected chi connectivity index (χ3v) is 4.00. The average Bonchev–Trinajstić information content (AvgIpc) is 3.35. The standard InChI is InChI=1S/C17H27NO3/c1-3-11-18-17(12-19,14-5-6-14)13-21-16-9-7-15(8-10-16)20-4-2/h7-10,14,18-19H,3-6,11-13H2,1-2H3. The van der Waals surface area contributed by atoms with Crippen LogP contribution in [-0.4, -0.2) is 37.0 Å². The molecule has 0 spiro atoms. The number of benzene rings is 1. The highest BCUT2D eigenvalue weighted by molar-refractivity contribution is 5.31. The third kappa shape index (κ3) is 4.35. The molecule has 1 aromatic carbocycles. The van der Waals surface area contributed by atoms with Crippen molar-refractivity contribution in [1.29, 1.82) is 0 Å². The SMILES string of the molecule is CCCNC(CO)(COc1ccc(OCC)cc1)C1CC1. The lowest BCUT2D eigenvalue weighted by Crippen LogP contribution is -2.55. The van der Waals surface area contributed by atoms with Crippen LogP contribution in [0.1, 0.15) is 33.1 Å². The summed E-state index contributed by atoms with van der Waals surface area (Å²) >= 11 is 0. The fourth-order valence-corrected chi connectivity index (χ4v) is 2.56. The molecule has 0 bridgehead atoms. The zero-order chi connectivity index (χ0) is 15.1. The first-order chi connectivity index (χ1) is 10.2. The first-order valence-electron chi connectivity index (χ1n) is 7.95. The van der Waals surface area contributed by atoms with Crippen molar-refractivity contribution in [2.24, 2.45) is 5.92 Å². The molecule has 1 unspecified atom stereocenters. The minimum Gasteiger partial charge on any atom is -0.494 e. The van der Waals surface area contributed by atoms with Crippen molar-refractivity contribution in [3.63, 3.8) is 0 Å². The van der Waals surface area contributed by atoms with Crippen molar-refractivity contribution in [2.45, 2.75) is 38.6 Å². The molecule has 0 radical (unpaired) electrons. The first kappa shape index (κ1) is 16.1. The summed E-state index contributed by atoms with van der Waals surface area (Å²) in [5, 5.41) is 13.3. The molecule has 1 aromatic rings. The maximum atomic E-state index is 9.84. The third-order valence-electron chi connectivity index (χ3n) is 4.00. The van der Waals surface area contributed by atoms with E-state index in [1.54, 1.807) is 0 Å². The summed E-state index contributed by atoms with van der Waals surface area (Å²) in [4.78, 5) is 0. The van der Waals surface area contributed by atoms with E-state index in [4.69, 9.17) is 9.47 Å². The van der Waals surface area contributed by atoms with Crippen molar-refractivity contribution in [1.82, 2.24) is 5.32 Å². The number of ether oxygens (including phenoxy) is 2. The number of aliphatic hydroxyl groups is 1. The van der Waals surface area contributed by atoms with Gasteiger partial charge in [0.05, 0.1) is 18.8 Å². The molecule has 2 N–H and O–H groups in total. The molecule has 0 aromatic heterocycles. The largest absolute Gasteiger partial charge is 0.494 e. The Morgan fingerprint density at radius 2 is 1.76 bits per heavy atom. The molecule has 118 valence electrons. The predicted molar refractivity (Wildman–Crippen MR) is 83.9 cm³/mol. The van der Waals surface area contributed by atoms with Crippen LogP contribution in [0.4, 0.5) is 0 Å². The van der Waals surface area contributed by atoms with E-state index >= 15 is 0 Å². The molecule has 4 nitrogen and oxygen atoms in total. The number of aliphatic hydroxyl groups excluding tert-OH is 1. The van der Waals surface area contributed by atoms with Gasteiger partial charge in [0, 0.05) is 0 Å². The van der Waals surface area contributed by atoms with Gasteiger partial charge in [-0.1, -0.05) is 6.92 Å². The molecule has 0 aliphatic heterocycles. The molecule has 0 amide bonds. The maximum absolute atomic E-state index is 9.84. The van der Waals surface area contributed by atoms with Crippen molar-refractivity contribution >= 4 is 0 Å². The Hall–Kier alpha value is -1.26. The molecular weight excluding hydrogens is 266 g/mol. The smallest absolute Gasteiger partial charge is 0.119 e. The highest BCUT2D eigenvalue weighted by Gasteiger charge is 2.45. The van der Waals surface area contributed by atoms with Crippen LogP contribution < -0.4 is 14.8 Å². The van der Waals surface area contributed by atoms with Crippen LogP contribution in [-0.2, 0) is 0 Å². The Morgan fingerprint density at radius 1 is 1.14 bits per heavy atom. The van der Waals surface area contributed by atoms with E-state index in [1.807, 2.05) is 31.2 Å². The van der Waals surface area contributed by atoms with Gasteiger partial charge in [-0.2, -0.15) is 0 Å². The van der Waals surface area contributed by atoms with Crippen LogP contribution in [0.5, 0.6) is 11.5 Å². The predicted octanol–water partition coefficient (Wildman–Crippen LogP) is 2.60. The quantitative estimate of drug-likeness (QED) is 0.696. The fraction of sp³-hybridized carbons (Fsp3) is 0.647. The van der Waals surface area contributed by atoms with E-state index in [2.05, 4.69) is 12.2 Å². The lowest BCUT2D eigenvalue weighted by atomic mass is 9.95. The van der Waals surface area contributed by atoms with Crippen LogP contribution in [0.3, 0.4) is 0 Å². The minimum absolute atomic E-state index is 0.120. The van der Waals surface area contributed by atoms with Gasteiger partial charge in [-0.15, -0.1) is 0 Å². The van der Waals surface area contributed by atoms with E-state index < -0.39 is 0 Å². The van der Waals surface area contributed by atoms with Crippen molar-refractivity contribution in [3.05, 3.63) is 24.3 Å². The second-order valence-corrected chi connectivity index (χ2v) is 5.71. The molecule has 0 saturated heterocycles. The van der Waals surface area contributed by atoms with E-state index in [-0.39, 0.29) is 12.1 Å². The normalized spacial score (nSPS) is 17.3. The van der Waals surface area contributed by atoms with Crippen molar-refractivity contribution in [3.8, 4) is 11.5 Å². The summed E-state index contributed by atoms with van der Waals surface area (Å²) in [6, 6.07) is 7.66. The van der Waals surface area contributed by atoms with Crippen LogP contribution in [0, 0.1) is 5.92 Å². The molecule has 1 saturated carbocycles. The Balaban J connectivity index is 1.94. The average molecular weight is 293 g/mol. The number of rotatable bonds is 10. The highest BCUT2D eigenvalue weighted by Crippen LogP contribution is 2.40. The summed E-state index contributed by atoms with van der Waals surface area (Å²) < 4.78 is 11.3. The molecule has 1 aliphatic carbocycles. The fourth-order valence-electron chi connectivity index (χ4n) is 2.56. The number of hydrogen-bond acceptors (Lipinski definition) is 4. The van der Waals surface area contributed by atoms with Gasteiger partial charge in [-0.25, -0.2) is 0 Å². The van der Waals surface area contributed by atoms with Gasteiger partial charge >= 0.3 is 0 Å². The molecule has 1 fully saturated rings. The molecular formula is C17H27NO3. The van der Waals surface area contributed by atoms with E-state index in [0.717, 1.165) is 24.5 Å². The monoisotopic (exact) mass is 293 g/mol. The highest BCUT2D eigenvalue weighted by atomic mass is 16.5. The Labute approximate surface area is 127 Å². The number of hydrogen-bond donors (Lipinski definition) is 2. The van der Waals surface area contributed by atoms with E-state index in [0.29, 0.717) is 19.1 Å². The van der Waals surface area contributed by atoms with Gasteiger partial charge in [0.15, 0.2) is 0 Å². The maximum Gasteiger partial charge on any atom is 0.119 e. The number of nitrogens with one attached hydrogen (secondary N) is 1. The first-order valence-corrected chi connectivity index (χ1v) is 7.95. The second kappa shape index (κ2) is 7.66. The molecule has 21 heavy (non-hydrogen) atoms. The van der Waals surface area contributed by atoms with Gasteiger partial charge < -0.3 is 19.9 Å². The summed E-state index contributed by atoms with van der Waals surface area (Å²) in [7, 11) is 0. The van der Waals surface area contributed by atoms with Crippen molar-refractivity contribution < 1.29 is 14.6 Å². The Bertz CT molecular complexity index is 417. The lowest BCUT2D eigenvalue weighted by molar-refractivity contribution is 0.0850. The van der Waals surface area contributed by atoms with Gasteiger partial charge in [0.1, 0.15) is 18.1 Å². The van der Waals surface area contributed by atoms with Gasteiger partial charge in [0.2, 0.25) is 0 Å². The van der Waals surface area contributed by atoms with Crippen LogP contribution >= 0.6 is 0 Å². The molecule has 4 heteroatoms. The van der Waals surface area contributed by atoms with Gasteiger partial charge in [-0.3, -0.25) is 0 Å². The van der Waals surface area contributed by atoms with Crippen LogP contribution in [0.15, 0.2) is 24.3 Å². The molecule has 0 heterocycles. The Kier molecular flexibility index (Phi) is 5.88. The summed E-state index contributed by atoms with van der Waals surface area (Å²) in [6.45, 7) is 6.29. The molecule has 1 atom stereocenters. The molecule has 1 aliphatic rings. The summed E-state index contributed by atoms with van der Waals surface area (Å²) in [6.07, 6.45) is 3.39. The summed E-state index contributed by atoms with van der Waals surface area (Å²) in [5.41, 5.74) is -0.297. The second-order valence-electron chi connectivity index (χ2n) is 5.71. The minimum atomic E-state index is -0.297. The van der Waals surface area contributed by atoms with Crippen LogP contribution in [0.25, 0.3) is 0 Å². The van der Waals surface area contributed by atoms with Gasteiger partial charge in [-0.05, 0) is 62.9 Å². The van der Waals surface area contributed by atoms with E-state index in [9.17, 15) is 5.11 Å².